The van der Waals surface area contributed by atoms with Gasteiger partial charge >= 0.3 is 0 Å². The van der Waals surface area contributed by atoms with Gasteiger partial charge in [0, 0.05) is 0 Å². The van der Waals surface area contributed by atoms with Crippen LogP contribution in [0.4, 0.5) is 0 Å². The maximum absolute atomic E-state index is 8.77. The Balaban J connectivity index is 2.93. The monoisotopic (exact) mass is 117 g/mol. The van der Waals surface area contributed by atoms with Crippen molar-refractivity contribution in [3.05, 3.63) is 0 Å². The van der Waals surface area contributed by atoms with E-state index < -0.39 is 0 Å². The third-order valence-electron chi connectivity index (χ3n) is 0.994. The van der Waals surface area contributed by atoms with E-state index in [0.717, 1.165) is 13.0 Å². The van der Waals surface area contributed by atoms with Crippen molar-refractivity contribution in [1.29, 1.82) is 0 Å². The molecule has 8 heavy (non-hydrogen) atoms. The molecule has 1 unspecified atom stereocenters. The molecule has 0 bridgehead atoms. The van der Waals surface area contributed by atoms with Crippen molar-refractivity contribution in [1.82, 2.24) is 4.90 Å². The fourth-order valence-electron chi connectivity index (χ4n) is 0.445. The minimum atomic E-state index is -0.155. The summed E-state index contributed by atoms with van der Waals surface area (Å²) >= 11 is 0. The van der Waals surface area contributed by atoms with Gasteiger partial charge in [-0.15, -0.1) is 0 Å². The van der Waals surface area contributed by atoms with E-state index in [0.29, 0.717) is 0 Å². The van der Waals surface area contributed by atoms with E-state index in [-0.39, 0.29) is 6.10 Å². The lowest BCUT2D eigenvalue weighted by atomic mass is 10.3. The summed E-state index contributed by atoms with van der Waals surface area (Å²) in [4.78, 5) is 2.06. The molecule has 0 saturated heterocycles. The molecule has 0 fully saturated rings. The quantitative estimate of drug-likeness (QED) is 0.575. The average Bonchev–Trinajstić information content (AvgIpc) is 1.61. The Morgan fingerprint density at radius 1 is 1.50 bits per heavy atom. The summed E-state index contributed by atoms with van der Waals surface area (Å²) in [7, 11) is 4.00. The molecule has 0 amide bonds. The highest BCUT2D eigenvalue weighted by Crippen LogP contribution is 1.88. The van der Waals surface area contributed by atoms with Gasteiger partial charge in [-0.05, 0) is 34.0 Å². The molecule has 0 heterocycles. The molecule has 0 radical (unpaired) electrons. The Labute approximate surface area is 51.1 Å². The number of nitrogens with zero attached hydrogens (tertiary/aromatic N) is 1. The van der Waals surface area contributed by atoms with Crippen molar-refractivity contribution in [3.63, 3.8) is 0 Å². The third-order valence-corrected chi connectivity index (χ3v) is 0.994. The van der Waals surface area contributed by atoms with E-state index in [4.69, 9.17) is 5.11 Å². The summed E-state index contributed by atoms with van der Waals surface area (Å²) in [5.74, 6) is 0. The van der Waals surface area contributed by atoms with Gasteiger partial charge in [-0.3, -0.25) is 0 Å². The minimum absolute atomic E-state index is 0.155. The molecule has 0 aromatic heterocycles. The Hall–Kier alpha value is -0.0800. The van der Waals surface area contributed by atoms with Gasteiger partial charge in [0.1, 0.15) is 0 Å². The van der Waals surface area contributed by atoms with Gasteiger partial charge in [-0.1, -0.05) is 0 Å². The molecule has 0 spiro atoms. The van der Waals surface area contributed by atoms with Crippen molar-refractivity contribution < 1.29 is 5.11 Å². The van der Waals surface area contributed by atoms with E-state index in [1.807, 2.05) is 21.0 Å². The number of aliphatic hydroxyl groups is 1. The zero-order valence-electron chi connectivity index (χ0n) is 5.89. The molecule has 0 aliphatic heterocycles. The first kappa shape index (κ1) is 7.92. The maximum atomic E-state index is 8.77. The van der Waals surface area contributed by atoms with Crippen molar-refractivity contribution in [2.24, 2.45) is 0 Å². The molecule has 1 N–H and O–H groups in total. The second kappa shape index (κ2) is 3.87. The SMILES string of the molecule is CC(O)CCN(C)C. The lowest BCUT2D eigenvalue weighted by Crippen LogP contribution is -2.17. The van der Waals surface area contributed by atoms with Crippen LogP contribution >= 0.6 is 0 Å². The molecule has 0 saturated carbocycles. The van der Waals surface area contributed by atoms with Gasteiger partial charge in [0.05, 0.1) is 6.10 Å². The summed E-state index contributed by atoms with van der Waals surface area (Å²) in [6.45, 7) is 2.78. The average molecular weight is 117 g/mol. The molecule has 2 nitrogen and oxygen atoms in total. The van der Waals surface area contributed by atoms with Crippen LogP contribution in [0.1, 0.15) is 13.3 Å². The number of aliphatic hydroxyl groups excluding tert-OH is 1. The summed E-state index contributed by atoms with van der Waals surface area (Å²) in [5, 5.41) is 8.77. The van der Waals surface area contributed by atoms with E-state index in [9.17, 15) is 0 Å². The second-order valence-electron chi connectivity index (χ2n) is 2.44. The van der Waals surface area contributed by atoms with Crippen LogP contribution < -0.4 is 0 Å². The van der Waals surface area contributed by atoms with Crippen LogP contribution in [0.2, 0.25) is 0 Å². The smallest absolute Gasteiger partial charge is 0.0524 e. The number of hydrogen-bond acceptors (Lipinski definition) is 2. The van der Waals surface area contributed by atoms with Crippen molar-refractivity contribution in [3.8, 4) is 0 Å². The minimum Gasteiger partial charge on any atom is -0.393 e. The van der Waals surface area contributed by atoms with Gasteiger partial charge in [-0.2, -0.15) is 0 Å². The molecule has 0 aromatic rings. The number of rotatable bonds is 3. The molecule has 2 heteroatoms. The zero-order valence-corrected chi connectivity index (χ0v) is 5.89. The van der Waals surface area contributed by atoms with Gasteiger partial charge < -0.3 is 10.0 Å². The molecule has 1 atom stereocenters. The van der Waals surface area contributed by atoms with Crippen LogP contribution in [-0.4, -0.2) is 36.8 Å². The van der Waals surface area contributed by atoms with Gasteiger partial charge in [0.15, 0.2) is 0 Å². The first-order valence-corrected chi connectivity index (χ1v) is 2.95. The molecule has 50 valence electrons. The van der Waals surface area contributed by atoms with Gasteiger partial charge in [0.25, 0.3) is 0 Å². The third kappa shape index (κ3) is 5.92. The molecular weight excluding hydrogens is 102 g/mol. The zero-order chi connectivity index (χ0) is 6.57. The van der Waals surface area contributed by atoms with Crippen LogP contribution in [-0.2, 0) is 0 Å². The fourth-order valence-corrected chi connectivity index (χ4v) is 0.445. The predicted molar refractivity (Wildman–Crippen MR) is 34.9 cm³/mol. The number of hydrogen-bond donors (Lipinski definition) is 1. The normalized spacial score (nSPS) is 14.6. The van der Waals surface area contributed by atoms with E-state index in [1.165, 1.54) is 0 Å². The van der Waals surface area contributed by atoms with E-state index in [2.05, 4.69) is 4.90 Å². The molecular formula is C6H15NO. The second-order valence-corrected chi connectivity index (χ2v) is 2.44. The highest BCUT2D eigenvalue weighted by molar-refractivity contribution is 4.48. The Bertz CT molecular complexity index is 44.5. The van der Waals surface area contributed by atoms with Crippen molar-refractivity contribution >= 4 is 0 Å². The van der Waals surface area contributed by atoms with Crippen molar-refractivity contribution in [2.45, 2.75) is 19.4 Å². The topological polar surface area (TPSA) is 23.5 Å². The fraction of sp³-hybridized carbons (Fsp3) is 1.00. The predicted octanol–water partition coefficient (Wildman–Crippen LogP) is 0.319. The van der Waals surface area contributed by atoms with E-state index in [1.54, 1.807) is 0 Å². The van der Waals surface area contributed by atoms with Gasteiger partial charge in [0.2, 0.25) is 0 Å². The molecule has 0 aliphatic rings. The summed E-state index contributed by atoms with van der Waals surface area (Å²) in [5.41, 5.74) is 0. The molecule has 0 rings (SSSR count). The van der Waals surface area contributed by atoms with Crippen LogP contribution in [0.25, 0.3) is 0 Å². The van der Waals surface area contributed by atoms with Gasteiger partial charge in [-0.25, -0.2) is 0 Å². The van der Waals surface area contributed by atoms with Crippen LogP contribution in [0.15, 0.2) is 0 Å². The lowest BCUT2D eigenvalue weighted by Gasteiger charge is -2.09. The molecule has 0 aliphatic carbocycles. The molecule has 0 aromatic carbocycles. The Kier molecular flexibility index (Phi) is 3.83. The first-order chi connectivity index (χ1) is 3.63. The highest BCUT2D eigenvalue weighted by Gasteiger charge is 1.94. The summed E-state index contributed by atoms with van der Waals surface area (Å²) in [6.07, 6.45) is 0.713. The Morgan fingerprint density at radius 2 is 2.00 bits per heavy atom. The summed E-state index contributed by atoms with van der Waals surface area (Å²) in [6, 6.07) is 0. The summed E-state index contributed by atoms with van der Waals surface area (Å²) < 4.78 is 0. The van der Waals surface area contributed by atoms with Crippen LogP contribution in [0.3, 0.4) is 0 Å². The lowest BCUT2D eigenvalue weighted by molar-refractivity contribution is 0.170. The van der Waals surface area contributed by atoms with Crippen LogP contribution in [0.5, 0.6) is 0 Å². The Morgan fingerprint density at radius 3 is 2.12 bits per heavy atom. The van der Waals surface area contributed by atoms with Crippen molar-refractivity contribution in [2.75, 3.05) is 20.6 Å². The highest BCUT2D eigenvalue weighted by atomic mass is 16.3. The largest absolute Gasteiger partial charge is 0.393 e. The van der Waals surface area contributed by atoms with E-state index >= 15 is 0 Å². The maximum Gasteiger partial charge on any atom is 0.0524 e. The first-order valence-electron chi connectivity index (χ1n) is 2.95. The van der Waals surface area contributed by atoms with Crippen LogP contribution in [0, 0.1) is 0 Å². The standard InChI is InChI=1S/C6H15NO/c1-6(8)4-5-7(2)3/h6,8H,4-5H2,1-3H3.